The Balaban J connectivity index is 1.89. The molecule has 6 heteroatoms. The summed E-state index contributed by atoms with van der Waals surface area (Å²) in [5.41, 5.74) is 2.14. The molecule has 0 spiro atoms. The van der Waals surface area contributed by atoms with Gasteiger partial charge in [0.2, 0.25) is 0 Å². The minimum absolute atomic E-state index is 0.0760. The van der Waals surface area contributed by atoms with Crippen molar-refractivity contribution in [3.63, 3.8) is 0 Å². The molecule has 1 aliphatic heterocycles. The van der Waals surface area contributed by atoms with Crippen molar-refractivity contribution < 1.29 is 17.9 Å². The highest BCUT2D eigenvalue weighted by Crippen LogP contribution is 2.35. The van der Waals surface area contributed by atoms with Gasteiger partial charge in [-0.25, -0.2) is 23.1 Å². The van der Waals surface area contributed by atoms with Crippen molar-refractivity contribution in [1.82, 2.24) is 9.97 Å². The summed E-state index contributed by atoms with van der Waals surface area (Å²) in [5.74, 6) is -0.306. The average Bonchev–Trinajstić information content (AvgIpc) is 2.55. The summed E-state index contributed by atoms with van der Waals surface area (Å²) in [6, 6.07) is 2.95. The second-order valence-electron chi connectivity index (χ2n) is 5.64. The first-order valence-corrected chi connectivity index (χ1v) is 7.67. The SMILES string of the molecule is CCCc1cnc(-c2cc(F)c3c(c2)CCC(C(F)F)O3)nc1. The normalized spacial score (nSPS) is 17.0. The van der Waals surface area contributed by atoms with E-state index in [1.165, 1.54) is 6.07 Å². The molecule has 122 valence electrons. The van der Waals surface area contributed by atoms with Crippen LogP contribution in [0.2, 0.25) is 0 Å². The number of benzene rings is 1. The molecule has 0 amide bonds. The average molecular weight is 322 g/mol. The van der Waals surface area contributed by atoms with Gasteiger partial charge in [-0.05, 0) is 42.5 Å². The molecule has 0 saturated heterocycles. The fourth-order valence-corrected chi connectivity index (χ4v) is 2.70. The molecule has 0 N–H and O–H groups in total. The number of hydrogen-bond acceptors (Lipinski definition) is 3. The first-order chi connectivity index (χ1) is 11.1. The highest BCUT2D eigenvalue weighted by molar-refractivity contribution is 5.59. The standard InChI is InChI=1S/C17H17F3N2O/c1-2-3-10-8-21-17(22-9-10)12-6-11-4-5-14(16(19)20)23-15(11)13(18)7-12/h6-9,14,16H,2-5H2,1H3. The summed E-state index contributed by atoms with van der Waals surface area (Å²) in [4.78, 5) is 8.52. The molecular formula is C17H17F3N2O. The minimum atomic E-state index is -2.61. The number of ether oxygens (including phenoxy) is 1. The zero-order chi connectivity index (χ0) is 16.4. The highest BCUT2D eigenvalue weighted by Gasteiger charge is 2.29. The first kappa shape index (κ1) is 15.8. The van der Waals surface area contributed by atoms with Crippen LogP contribution in [-0.2, 0) is 12.8 Å². The number of nitrogens with zero attached hydrogens (tertiary/aromatic N) is 2. The van der Waals surface area contributed by atoms with Gasteiger partial charge in [-0.15, -0.1) is 0 Å². The summed E-state index contributed by atoms with van der Waals surface area (Å²) < 4.78 is 44.8. The van der Waals surface area contributed by atoms with Crippen LogP contribution in [0.25, 0.3) is 11.4 Å². The molecule has 2 aromatic rings. The molecule has 0 radical (unpaired) electrons. The van der Waals surface area contributed by atoms with Gasteiger partial charge in [0.15, 0.2) is 23.5 Å². The number of rotatable bonds is 4. The van der Waals surface area contributed by atoms with Crippen molar-refractivity contribution in [2.24, 2.45) is 0 Å². The maximum Gasteiger partial charge on any atom is 0.274 e. The number of hydrogen-bond donors (Lipinski definition) is 0. The Morgan fingerprint density at radius 3 is 2.65 bits per heavy atom. The van der Waals surface area contributed by atoms with Crippen LogP contribution in [0.5, 0.6) is 5.75 Å². The summed E-state index contributed by atoms with van der Waals surface area (Å²) >= 11 is 0. The van der Waals surface area contributed by atoms with Crippen molar-refractivity contribution in [2.45, 2.75) is 45.1 Å². The van der Waals surface area contributed by atoms with E-state index < -0.39 is 18.3 Å². The quantitative estimate of drug-likeness (QED) is 0.846. The molecule has 3 rings (SSSR count). The molecule has 3 nitrogen and oxygen atoms in total. The zero-order valence-electron chi connectivity index (χ0n) is 12.7. The van der Waals surface area contributed by atoms with Gasteiger partial charge in [-0.1, -0.05) is 13.3 Å². The molecule has 0 aliphatic carbocycles. The first-order valence-electron chi connectivity index (χ1n) is 7.67. The molecule has 2 heterocycles. The van der Waals surface area contributed by atoms with Crippen LogP contribution in [0.3, 0.4) is 0 Å². The van der Waals surface area contributed by atoms with Crippen LogP contribution in [-0.4, -0.2) is 22.5 Å². The summed E-state index contributed by atoms with van der Waals surface area (Å²) in [6.45, 7) is 2.07. The van der Waals surface area contributed by atoms with Gasteiger partial charge in [-0.3, -0.25) is 0 Å². The van der Waals surface area contributed by atoms with Crippen LogP contribution < -0.4 is 4.74 Å². The maximum atomic E-state index is 14.2. The Hall–Kier alpha value is -2.11. The van der Waals surface area contributed by atoms with E-state index in [9.17, 15) is 13.2 Å². The number of alkyl halides is 2. The van der Waals surface area contributed by atoms with Gasteiger partial charge in [-0.2, -0.15) is 0 Å². The molecule has 0 bridgehead atoms. The zero-order valence-corrected chi connectivity index (χ0v) is 12.7. The lowest BCUT2D eigenvalue weighted by molar-refractivity contribution is -0.00155. The molecule has 0 fully saturated rings. The van der Waals surface area contributed by atoms with Crippen molar-refractivity contribution in [3.05, 3.63) is 41.5 Å². The summed E-state index contributed by atoms with van der Waals surface area (Å²) in [7, 11) is 0. The second-order valence-corrected chi connectivity index (χ2v) is 5.64. The molecule has 0 saturated carbocycles. The lowest BCUT2D eigenvalue weighted by atomic mass is 9.99. The molecule has 23 heavy (non-hydrogen) atoms. The molecule has 1 aromatic carbocycles. The van der Waals surface area contributed by atoms with Gasteiger partial charge in [0.25, 0.3) is 6.43 Å². The fourth-order valence-electron chi connectivity index (χ4n) is 2.70. The Morgan fingerprint density at radius 1 is 1.26 bits per heavy atom. The van der Waals surface area contributed by atoms with Crippen LogP contribution in [0.1, 0.15) is 30.9 Å². The smallest absolute Gasteiger partial charge is 0.274 e. The number of aromatic nitrogens is 2. The Labute approximate surface area is 132 Å². The van der Waals surface area contributed by atoms with Gasteiger partial charge >= 0.3 is 0 Å². The van der Waals surface area contributed by atoms with Crippen LogP contribution in [0, 0.1) is 5.82 Å². The minimum Gasteiger partial charge on any atom is -0.481 e. The molecular weight excluding hydrogens is 305 g/mol. The van der Waals surface area contributed by atoms with Crippen molar-refractivity contribution in [2.75, 3.05) is 0 Å². The van der Waals surface area contributed by atoms with Gasteiger partial charge < -0.3 is 4.74 Å². The number of fused-ring (bicyclic) bond motifs is 1. The van der Waals surface area contributed by atoms with E-state index >= 15 is 0 Å². The van der Waals surface area contributed by atoms with Crippen LogP contribution >= 0.6 is 0 Å². The van der Waals surface area contributed by atoms with Crippen molar-refractivity contribution in [1.29, 1.82) is 0 Å². The van der Waals surface area contributed by atoms with Gasteiger partial charge in [0, 0.05) is 18.0 Å². The Kier molecular flexibility index (Phi) is 4.50. The lowest BCUT2D eigenvalue weighted by Gasteiger charge is -2.26. The monoisotopic (exact) mass is 322 g/mol. The lowest BCUT2D eigenvalue weighted by Crippen LogP contribution is -2.30. The summed E-state index contributed by atoms with van der Waals surface area (Å²) in [6.07, 6.45) is 2.01. The van der Waals surface area contributed by atoms with E-state index in [0.29, 0.717) is 23.4 Å². The summed E-state index contributed by atoms with van der Waals surface area (Å²) in [5, 5.41) is 0. The van der Waals surface area contributed by atoms with Gasteiger partial charge in [0.1, 0.15) is 0 Å². The second kappa shape index (κ2) is 6.56. The largest absolute Gasteiger partial charge is 0.481 e. The van der Waals surface area contributed by atoms with Crippen molar-refractivity contribution >= 4 is 0 Å². The molecule has 1 aliphatic rings. The third kappa shape index (κ3) is 3.30. The highest BCUT2D eigenvalue weighted by atomic mass is 19.3. The Bertz CT molecular complexity index is 689. The predicted molar refractivity (Wildman–Crippen MR) is 80.2 cm³/mol. The third-order valence-electron chi connectivity index (χ3n) is 3.87. The molecule has 1 atom stereocenters. The van der Waals surface area contributed by atoms with Gasteiger partial charge in [0.05, 0.1) is 0 Å². The molecule has 1 unspecified atom stereocenters. The van der Waals surface area contributed by atoms with Crippen LogP contribution in [0.4, 0.5) is 13.2 Å². The van der Waals surface area contributed by atoms with E-state index in [1.807, 2.05) is 0 Å². The van der Waals surface area contributed by atoms with E-state index in [1.54, 1.807) is 18.5 Å². The maximum absolute atomic E-state index is 14.2. The van der Waals surface area contributed by atoms with E-state index in [0.717, 1.165) is 18.4 Å². The van der Waals surface area contributed by atoms with E-state index in [2.05, 4.69) is 16.9 Å². The van der Waals surface area contributed by atoms with Crippen molar-refractivity contribution in [3.8, 4) is 17.1 Å². The third-order valence-corrected chi connectivity index (χ3v) is 3.87. The van der Waals surface area contributed by atoms with E-state index in [4.69, 9.17) is 4.74 Å². The molecule has 1 aromatic heterocycles. The fraction of sp³-hybridized carbons (Fsp3) is 0.412. The predicted octanol–water partition coefficient (Wildman–Crippen LogP) is 4.19. The van der Waals surface area contributed by atoms with E-state index in [-0.39, 0.29) is 12.2 Å². The number of halogens is 3. The van der Waals surface area contributed by atoms with Crippen LogP contribution in [0.15, 0.2) is 24.5 Å². The number of aryl methyl sites for hydroxylation is 2. The topological polar surface area (TPSA) is 35.0 Å². The Morgan fingerprint density at radius 2 is 2.00 bits per heavy atom.